The summed E-state index contributed by atoms with van der Waals surface area (Å²) >= 11 is 0. The first kappa shape index (κ1) is 35.5. The van der Waals surface area contributed by atoms with Gasteiger partial charge in [0.25, 0.3) is 11.8 Å². The van der Waals surface area contributed by atoms with E-state index in [0.29, 0.717) is 18.0 Å². The number of anilines is 2. The van der Waals surface area contributed by atoms with Gasteiger partial charge in [-0.05, 0) is 39.3 Å². The zero-order valence-electron chi connectivity index (χ0n) is 27.3. The van der Waals surface area contributed by atoms with Crippen molar-refractivity contribution in [3.8, 4) is 11.4 Å². The molecule has 0 saturated carbocycles. The summed E-state index contributed by atoms with van der Waals surface area (Å²) in [7, 11) is -4.32. The van der Waals surface area contributed by atoms with Crippen molar-refractivity contribution in [2.24, 2.45) is 0 Å². The average molecular weight is 667 g/mol. The van der Waals surface area contributed by atoms with E-state index in [4.69, 9.17) is 13.8 Å². The third-order valence-corrected chi connectivity index (χ3v) is 10.1. The highest BCUT2D eigenvalue weighted by Crippen LogP contribution is 2.59. The summed E-state index contributed by atoms with van der Waals surface area (Å²) in [5.41, 5.74) is 1.33. The summed E-state index contributed by atoms with van der Waals surface area (Å²) in [6.45, 7) is 7.50. The van der Waals surface area contributed by atoms with E-state index >= 15 is 0 Å². The van der Waals surface area contributed by atoms with Crippen LogP contribution in [0.5, 0.6) is 0 Å². The number of aromatic nitrogens is 2. The average Bonchev–Trinajstić information content (AvgIpc) is 3.09. The van der Waals surface area contributed by atoms with Gasteiger partial charge in [-0.1, -0.05) is 61.9 Å². The van der Waals surface area contributed by atoms with Crippen LogP contribution in [-0.4, -0.2) is 89.0 Å². The minimum absolute atomic E-state index is 0.0375. The number of carbonyl (C=O) groups excluding carboxylic acids is 3. The van der Waals surface area contributed by atoms with Crippen LogP contribution in [0.2, 0.25) is 0 Å². The van der Waals surface area contributed by atoms with Gasteiger partial charge in [0.15, 0.2) is 5.82 Å². The van der Waals surface area contributed by atoms with Gasteiger partial charge in [0.05, 0.1) is 19.8 Å². The Labute approximate surface area is 275 Å². The molecule has 0 spiro atoms. The third-order valence-electron chi connectivity index (χ3n) is 7.50. The summed E-state index contributed by atoms with van der Waals surface area (Å²) in [5, 5.41) is 3.75. The topological polar surface area (TPSA) is 152 Å². The Bertz CT molecular complexity index is 1540. The van der Waals surface area contributed by atoms with Gasteiger partial charge in [0, 0.05) is 43.5 Å². The molecule has 252 valence electrons. The van der Waals surface area contributed by atoms with Crippen molar-refractivity contribution in [3.05, 3.63) is 72.4 Å². The van der Waals surface area contributed by atoms with E-state index in [2.05, 4.69) is 20.6 Å². The van der Waals surface area contributed by atoms with Crippen LogP contribution < -0.4 is 10.6 Å². The number of para-hydroxylation sites is 1. The van der Waals surface area contributed by atoms with Crippen molar-refractivity contribution in [1.29, 1.82) is 0 Å². The molecule has 1 saturated heterocycles. The molecule has 1 aliphatic heterocycles. The maximum Gasteiger partial charge on any atom is 0.409 e. The molecule has 0 aliphatic carbocycles. The highest BCUT2D eigenvalue weighted by Gasteiger charge is 2.56. The molecule has 4 rings (SSSR count). The maximum absolute atomic E-state index is 14.4. The molecular formula is C33H43N6O7P. The SMILES string of the molecule is CCCCOC(=O)N1CCN(C(=O)C(C)(NC(=O)c2cc(Nc3ccccc3)nc(-c3ccccc3)n2)P(=O)(OCC)OCC)CC1. The van der Waals surface area contributed by atoms with E-state index < -0.39 is 30.8 Å². The van der Waals surface area contributed by atoms with Crippen LogP contribution in [0.25, 0.3) is 11.4 Å². The number of nitrogens with one attached hydrogen (secondary N) is 2. The highest BCUT2D eigenvalue weighted by molar-refractivity contribution is 7.56. The summed E-state index contributed by atoms with van der Waals surface area (Å²) in [5.74, 6) is -0.850. The van der Waals surface area contributed by atoms with Crippen LogP contribution in [0.15, 0.2) is 66.7 Å². The fourth-order valence-electron chi connectivity index (χ4n) is 4.97. The van der Waals surface area contributed by atoms with Crippen LogP contribution >= 0.6 is 7.60 Å². The predicted molar refractivity (Wildman–Crippen MR) is 178 cm³/mol. The van der Waals surface area contributed by atoms with Gasteiger partial charge in [-0.25, -0.2) is 14.8 Å². The number of nitrogens with zero attached hydrogens (tertiary/aromatic N) is 4. The number of piperazine rings is 1. The second-order valence-corrected chi connectivity index (χ2v) is 13.3. The summed E-state index contributed by atoms with van der Waals surface area (Å²) in [4.78, 5) is 52.9. The molecule has 3 amide bonds. The lowest BCUT2D eigenvalue weighted by molar-refractivity contribution is -0.136. The fraction of sp³-hybridized carbons (Fsp3) is 0.424. The first-order valence-corrected chi connectivity index (χ1v) is 17.4. The van der Waals surface area contributed by atoms with Crippen molar-refractivity contribution in [3.63, 3.8) is 0 Å². The fourth-order valence-corrected chi connectivity index (χ4v) is 6.85. The van der Waals surface area contributed by atoms with Gasteiger partial charge in [0.1, 0.15) is 11.5 Å². The van der Waals surface area contributed by atoms with Crippen LogP contribution in [-0.2, 0) is 23.1 Å². The Kier molecular flexibility index (Phi) is 12.5. The lowest BCUT2D eigenvalue weighted by Crippen LogP contribution is -2.61. The van der Waals surface area contributed by atoms with Crippen molar-refractivity contribution in [2.75, 3.05) is 51.3 Å². The van der Waals surface area contributed by atoms with E-state index in [1.807, 2.05) is 67.6 Å². The molecule has 13 nitrogen and oxygen atoms in total. The molecule has 2 N–H and O–H groups in total. The molecule has 3 aromatic rings. The van der Waals surface area contributed by atoms with Crippen molar-refractivity contribution in [2.45, 2.75) is 45.8 Å². The third kappa shape index (κ3) is 8.73. The second-order valence-electron chi connectivity index (χ2n) is 10.9. The first-order chi connectivity index (χ1) is 22.6. The number of amides is 3. The molecule has 1 atom stereocenters. The quantitative estimate of drug-likeness (QED) is 0.162. The molecule has 0 bridgehead atoms. The van der Waals surface area contributed by atoms with E-state index in [-0.39, 0.29) is 50.9 Å². The normalized spacial score (nSPS) is 14.6. The van der Waals surface area contributed by atoms with Crippen LogP contribution in [0, 0.1) is 0 Å². The number of carbonyl (C=O) groups is 3. The summed E-state index contributed by atoms with van der Waals surface area (Å²) < 4.78 is 31.0. The molecule has 1 aromatic heterocycles. The minimum Gasteiger partial charge on any atom is -0.449 e. The molecule has 0 radical (unpaired) electrons. The van der Waals surface area contributed by atoms with Crippen LogP contribution in [0.3, 0.4) is 0 Å². The Morgan fingerprint density at radius 3 is 2.06 bits per heavy atom. The van der Waals surface area contributed by atoms with E-state index in [0.717, 1.165) is 18.5 Å². The number of rotatable bonds is 14. The predicted octanol–water partition coefficient (Wildman–Crippen LogP) is 5.68. The molecule has 1 aliphatic rings. The number of hydrogen-bond acceptors (Lipinski definition) is 10. The first-order valence-electron chi connectivity index (χ1n) is 15.8. The van der Waals surface area contributed by atoms with E-state index in [1.54, 1.807) is 13.8 Å². The number of ether oxygens (including phenoxy) is 1. The number of unbranched alkanes of at least 4 members (excludes halogenated alkanes) is 1. The Hall–Kier alpha value is -4.32. The van der Waals surface area contributed by atoms with Crippen LogP contribution in [0.4, 0.5) is 16.3 Å². The Balaban J connectivity index is 1.65. The summed E-state index contributed by atoms with van der Waals surface area (Å²) in [6, 6.07) is 19.9. The van der Waals surface area contributed by atoms with Gasteiger partial charge in [0.2, 0.25) is 5.28 Å². The number of hydrogen-bond donors (Lipinski definition) is 2. The Morgan fingerprint density at radius 2 is 1.47 bits per heavy atom. The van der Waals surface area contributed by atoms with Gasteiger partial charge >= 0.3 is 13.7 Å². The van der Waals surface area contributed by atoms with Crippen LogP contribution in [0.1, 0.15) is 51.0 Å². The molecule has 1 unspecified atom stereocenters. The van der Waals surface area contributed by atoms with Gasteiger partial charge in [-0.2, -0.15) is 0 Å². The zero-order valence-corrected chi connectivity index (χ0v) is 28.2. The van der Waals surface area contributed by atoms with Crippen molar-refractivity contribution < 1.29 is 32.7 Å². The van der Waals surface area contributed by atoms with Crippen molar-refractivity contribution in [1.82, 2.24) is 25.1 Å². The molecule has 2 aromatic carbocycles. The van der Waals surface area contributed by atoms with Gasteiger partial charge < -0.3 is 34.2 Å². The largest absolute Gasteiger partial charge is 0.449 e. The smallest absolute Gasteiger partial charge is 0.409 e. The van der Waals surface area contributed by atoms with E-state index in [1.165, 1.54) is 22.8 Å². The van der Waals surface area contributed by atoms with E-state index in [9.17, 15) is 18.9 Å². The van der Waals surface area contributed by atoms with Gasteiger partial charge in [-0.15, -0.1) is 0 Å². The highest BCUT2D eigenvalue weighted by atomic mass is 31.2. The molecule has 2 heterocycles. The molecular weight excluding hydrogens is 623 g/mol. The maximum atomic E-state index is 14.4. The molecule has 14 heteroatoms. The van der Waals surface area contributed by atoms with Gasteiger partial charge in [-0.3, -0.25) is 14.2 Å². The zero-order chi connectivity index (χ0) is 33.9. The lowest BCUT2D eigenvalue weighted by atomic mass is 10.2. The summed E-state index contributed by atoms with van der Waals surface area (Å²) in [6.07, 6.45) is 1.20. The Morgan fingerprint density at radius 1 is 0.872 bits per heavy atom. The molecule has 1 fully saturated rings. The molecule has 47 heavy (non-hydrogen) atoms. The lowest BCUT2D eigenvalue weighted by Gasteiger charge is -2.41. The van der Waals surface area contributed by atoms with Crippen molar-refractivity contribution >= 4 is 37.0 Å². The standard InChI is InChI=1S/C33H43N6O7P/c1-5-8-23-44-32(42)39-21-19-38(20-22-39)31(41)33(4,47(43,45-6-2)46-7-3)37-30(40)27-24-28(34-26-17-13-10-14-18-26)36-29(35-27)25-15-11-9-12-16-25/h9-18,24H,5-8,19-23H2,1-4H3,(H,37,40)(H,34,35,36). The monoisotopic (exact) mass is 666 g/mol. The number of benzene rings is 2. The second kappa shape index (κ2) is 16.5. The minimum atomic E-state index is -4.32.